The highest BCUT2D eigenvalue weighted by Crippen LogP contribution is 2.32. The molecule has 0 saturated carbocycles. The van der Waals surface area contributed by atoms with Crippen LogP contribution in [-0.2, 0) is 4.79 Å². The Balaban J connectivity index is 1.63. The topological polar surface area (TPSA) is 79.6 Å². The second kappa shape index (κ2) is 8.64. The number of hydrogen-bond donors (Lipinski definition) is 1. The number of fused-ring (bicyclic) bond motifs is 1. The van der Waals surface area contributed by atoms with E-state index in [2.05, 4.69) is 5.43 Å². The molecule has 3 aromatic rings. The molecule has 31 heavy (non-hydrogen) atoms. The maximum absolute atomic E-state index is 12.8. The Kier molecular flexibility index (Phi) is 6.09. The van der Waals surface area contributed by atoms with E-state index in [4.69, 9.17) is 51.4 Å². The highest BCUT2D eigenvalue weighted by Gasteiger charge is 2.34. The summed E-state index contributed by atoms with van der Waals surface area (Å²) in [5.41, 5.74) is 2.63. The molecular weight excluding hydrogens is 503 g/mol. The van der Waals surface area contributed by atoms with E-state index in [1.807, 2.05) is 0 Å². The summed E-state index contributed by atoms with van der Waals surface area (Å²) in [5, 5.41) is 2.07. The van der Waals surface area contributed by atoms with Gasteiger partial charge in [-0.15, -0.1) is 0 Å². The minimum absolute atomic E-state index is 0.106. The molecule has 0 spiro atoms. The highest BCUT2D eigenvalue weighted by atomic mass is 35.5. The van der Waals surface area contributed by atoms with Crippen LogP contribution in [-0.4, -0.2) is 21.1 Å². The van der Waals surface area contributed by atoms with Gasteiger partial charge in [-0.05, 0) is 54.7 Å². The van der Waals surface area contributed by atoms with Gasteiger partial charge in [-0.25, -0.2) is 0 Å². The summed E-state index contributed by atoms with van der Waals surface area (Å²) >= 11 is 24.0. The van der Waals surface area contributed by atoms with E-state index in [1.165, 1.54) is 36.6 Å². The quantitative estimate of drug-likeness (QED) is 0.380. The zero-order valence-electron chi connectivity index (χ0n) is 15.1. The molecule has 1 aromatic heterocycles. The summed E-state index contributed by atoms with van der Waals surface area (Å²) in [7, 11) is 0. The lowest BCUT2D eigenvalue weighted by molar-refractivity contribution is -0.123. The van der Waals surface area contributed by atoms with Crippen molar-refractivity contribution in [2.45, 2.75) is 0 Å². The van der Waals surface area contributed by atoms with E-state index in [9.17, 15) is 14.4 Å². The molecule has 2 aromatic carbocycles. The Labute approximate surface area is 199 Å². The number of hydrazine groups is 1. The van der Waals surface area contributed by atoms with Gasteiger partial charge in [0.25, 0.3) is 11.8 Å². The van der Waals surface area contributed by atoms with Crippen LogP contribution in [0.25, 0.3) is 17.0 Å². The first kappa shape index (κ1) is 21.9. The van der Waals surface area contributed by atoms with Crippen molar-refractivity contribution in [3.8, 4) is 0 Å². The Bertz CT molecular complexity index is 1350. The third kappa shape index (κ3) is 4.35. The number of amides is 2. The normalized spacial score (nSPS) is 15.2. The number of thioether (sulfide) groups is 1. The van der Waals surface area contributed by atoms with Crippen LogP contribution in [0.2, 0.25) is 15.1 Å². The molecular formula is C20H9Cl3N2O4S2. The van der Waals surface area contributed by atoms with E-state index in [0.717, 1.165) is 16.8 Å². The number of carbonyl (C=O) groups excluding carboxylic acids is 2. The Morgan fingerprint density at radius 1 is 1.10 bits per heavy atom. The number of nitrogens with zero attached hydrogens (tertiary/aromatic N) is 1. The summed E-state index contributed by atoms with van der Waals surface area (Å²) in [4.78, 5) is 38.1. The molecule has 11 heteroatoms. The van der Waals surface area contributed by atoms with Crippen LogP contribution < -0.4 is 10.9 Å². The molecule has 0 aliphatic carbocycles. The molecule has 1 N–H and O–H groups in total. The van der Waals surface area contributed by atoms with Gasteiger partial charge in [-0.3, -0.25) is 19.8 Å². The summed E-state index contributed by atoms with van der Waals surface area (Å²) in [6, 6.07) is 9.03. The van der Waals surface area contributed by atoms with Gasteiger partial charge in [-0.2, -0.15) is 5.01 Å². The minimum Gasteiger partial charge on any atom is -0.462 e. The molecule has 1 aliphatic rings. The lowest BCUT2D eigenvalue weighted by atomic mass is 10.1. The Hall–Kier alpha value is -2.36. The van der Waals surface area contributed by atoms with Crippen molar-refractivity contribution < 1.29 is 14.0 Å². The van der Waals surface area contributed by atoms with Crippen LogP contribution in [0.1, 0.15) is 15.9 Å². The van der Waals surface area contributed by atoms with Crippen molar-refractivity contribution in [1.29, 1.82) is 0 Å². The molecule has 2 amide bonds. The number of carbonyl (C=O) groups is 2. The third-order valence-corrected chi connectivity index (χ3v) is 6.27. The number of rotatable bonds is 3. The van der Waals surface area contributed by atoms with Crippen molar-refractivity contribution in [2.75, 3.05) is 0 Å². The lowest BCUT2D eigenvalue weighted by Crippen LogP contribution is -2.44. The predicted molar refractivity (Wildman–Crippen MR) is 126 cm³/mol. The van der Waals surface area contributed by atoms with Crippen LogP contribution in [0.5, 0.6) is 0 Å². The van der Waals surface area contributed by atoms with E-state index in [-0.39, 0.29) is 35.8 Å². The Morgan fingerprint density at radius 3 is 2.52 bits per heavy atom. The first-order valence-corrected chi connectivity index (χ1v) is 10.9. The third-order valence-electron chi connectivity index (χ3n) is 4.22. The summed E-state index contributed by atoms with van der Waals surface area (Å²) in [5.74, 6) is -1.12. The van der Waals surface area contributed by atoms with Gasteiger partial charge in [0.05, 0.1) is 20.9 Å². The fourth-order valence-electron chi connectivity index (χ4n) is 2.75. The zero-order valence-corrected chi connectivity index (χ0v) is 19.1. The first-order valence-electron chi connectivity index (χ1n) is 8.49. The molecule has 1 aliphatic heterocycles. The predicted octanol–water partition coefficient (Wildman–Crippen LogP) is 5.30. The maximum atomic E-state index is 12.8. The summed E-state index contributed by atoms with van der Waals surface area (Å²) in [6.07, 6.45) is 2.54. The molecule has 0 radical (unpaired) electrons. The monoisotopic (exact) mass is 510 g/mol. The van der Waals surface area contributed by atoms with Crippen molar-refractivity contribution in [2.24, 2.45) is 0 Å². The minimum atomic E-state index is -0.582. The highest BCUT2D eigenvalue weighted by molar-refractivity contribution is 8.26. The smallest absolute Gasteiger partial charge is 0.285 e. The average molecular weight is 512 g/mol. The van der Waals surface area contributed by atoms with E-state index in [1.54, 1.807) is 12.1 Å². The number of hydrogen-bond acceptors (Lipinski definition) is 6. The van der Waals surface area contributed by atoms with Crippen molar-refractivity contribution in [1.82, 2.24) is 10.4 Å². The van der Waals surface area contributed by atoms with Crippen LogP contribution in [0.4, 0.5) is 0 Å². The second-order valence-corrected chi connectivity index (χ2v) is 9.21. The number of halogens is 3. The SMILES string of the molecule is O=C(NN1C(=O)/C(=C/c2coc3c(Cl)cc(Cl)cc3c2=O)SC1=S)c1ccc(Cl)cc1. The van der Waals surface area contributed by atoms with Crippen molar-refractivity contribution in [3.05, 3.63) is 84.0 Å². The molecule has 0 atom stereocenters. The molecule has 0 unspecified atom stereocenters. The van der Waals surface area contributed by atoms with Crippen LogP contribution in [0, 0.1) is 0 Å². The maximum Gasteiger partial charge on any atom is 0.285 e. The van der Waals surface area contributed by atoms with Gasteiger partial charge in [0, 0.05) is 15.6 Å². The molecule has 4 rings (SSSR count). The number of nitrogens with one attached hydrogen (secondary N) is 1. The molecule has 0 bridgehead atoms. The molecule has 2 heterocycles. The molecule has 1 fully saturated rings. The summed E-state index contributed by atoms with van der Waals surface area (Å²) < 4.78 is 5.56. The van der Waals surface area contributed by atoms with Crippen molar-refractivity contribution >= 4 is 92.0 Å². The van der Waals surface area contributed by atoms with Gasteiger partial charge in [0.15, 0.2) is 15.3 Å². The Morgan fingerprint density at radius 2 is 1.81 bits per heavy atom. The molecule has 6 nitrogen and oxygen atoms in total. The van der Waals surface area contributed by atoms with Gasteiger partial charge >= 0.3 is 0 Å². The fourth-order valence-corrected chi connectivity index (χ4v) is 4.59. The van der Waals surface area contributed by atoms with Crippen molar-refractivity contribution in [3.63, 3.8) is 0 Å². The fraction of sp³-hybridized carbons (Fsp3) is 0. The number of thiocarbonyl (C=S) groups is 1. The zero-order chi connectivity index (χ0) is 22.3. The second-order valence-electron chi connectivity index (χ2n) is 6.25. The van der Waals surface area contributed by atoms with Gasteiger partial charge in [0.1, 0.15) is 6.26 Å². The van der Waals surface area contributed by atoms with Crippen LogP contribution in [0.3, 0.4) is 0 Å². The molecule has 156 valence electrons. The van der Waals surface area contributed by atoms with Gasteiger partial charge in [0.2, 0.25) is 0 Å². The first-order chi connectivity index (χ1) is 14.7. The van der Waals surface area contributed by atoms with Gasteiger partial charge in [-0.1, -0.05) is 46.6 Å². The van der Waals surface area contributed by atoms with E-state index < -0.39 is 17.2 Å². The van der Waals surface area contributed by atoms with Crippen LogP contribution in [0.15, 0.2) is 56.8 Å². The lowest BCUT2D eigenvalue weighted by Gasteiger charge is -2.15. The largest absolute Gasteiger partial charge is 0.462 e. The van der Waals surface area contributed by atoms with E-state index in [0.29, 0.717) is 10.6 Å². The number of benzene rings is 2. The van der Waals surface area contributed by atoms with Gasteiger partial charge < -0.3 is 4.42 Å². The standard InChI is InChI=1S/C20H9Cl3N2O4S2/c21-11-3-1-9(2-4-11)18(27)24-25-19(28)15(31-20(25)30)5-10-8-29-17-13(16(10)26)6-12(22)7-14(17)23/h1-8H,(H,24,27)/b15-5-. The van der Waals surface area contributed by atoms with E-state index >= 15 is 0 Å². The molecule has 1 saturated heterocycles. The van der Waals surface area contributed by atoms with Crippen LogP contribution >= 0.6 is 58.8 Å². The summed E-state index contributed by atoms with van der Waals surface area (Å²) in [6.45, 7) is 0. The average Bonchev–Trinajstić information content (AvgIpc) is 2.98.